The number of aryl methyl sites for hydroxylation is 2. The third kappa shape index (κ3) is 4.00. The van der Waals surface area contributed by atoms with Gasteiger partial charge in [-0.1, -0.05) is 55.5 Å². The average Bonchev–Trinajstić information content (AvgIpc) is 3.09. The topological polar surface area (TPSA) is 52.6 Å². The van der Waals surface area contributed by atoms with Gasteiger partial charge in [0.15, 0.2) is 0 Å². The zero-order valence-electron chi connectivity index (χ0n) is 17.7. The number of benzene rings is 3. The molecule has 0 radical (unpaired) electrons. The standard InChI is InChI=1S/C27H27N3/c1-3-21(26(29)15-19-8-10-22-6-4-5-7-23(22)14-19)12-13-25-17-24-11-9-20(18-28)16-27(24)30(25)2/h4-11,14,16-17,21,29H,3,12-13,15H2,1-2H3/t21-/m0/s1. The van der Waals surface area contributed by atoms with E-state index in [0.717, 1.165) is 30.5 Å². The zero-order valence-corrected chi connectivity index (χ0v) is 17.7. The Hall–Kier alpha value is -3.38. The molecule has 1 atom stereocenters. The molecule has 1 N–H and O–H groups in total. The van der Waals surface area contributed by atoms with E-state index in [1.165, 1.54) is 27.4 Å². The third-order valence-corrected chi connectivity index (χ3v) is 6.22. The first-order valence-corrected chi connectivity index (χ1v) is 10.6. The number of aromatic nitrogens is 1. The van der Waals surface area contributed by atoms with Crippen LogP contribution >= 0.6 is 0 Å². The fraction of sp³-hybridized carbons (Fsp3) is 0.259. The van der Waals surface area contributed by atoms with Crippen LogP contribution in [0.1, 0.15) is 36.6 Å². The molecule has 0 spiro atoms. The largest absolute Gasteiger partial charge is 0.348 e. The highest BCUT2D eigenvalue weighted by molar-refractivity contribution is 5.88. The van der Waals surface area contributed by atoms with Gasteiger partial charge in [0.05, 0.1) is 11.6 Å². The van der Waals surface area contributed by atoms with E-state index in [1.807, 2.05) is 18.2 Å². The lowest BCUT2D eigenvalue weighted by Gasteiger charge is -2.17. The minimum absolute atomic E-state index is 0.282. The predicted molar refractivity (Wildman–Crippen MR) is 125 cm³/mol. The first-order chi connectivity index (χ1) is 14.6. The molecule has 1 heterocycles. The van der Waals surface area contributed by atoms with E-state index in [1.54, 1.807) is 0 Å². The second-order valence-corrected chi connectivity index (χ2v) is 8.11. The molecule has 0 fully saturated rings. The van der Waals surface area contributed by atoms with E-state index >= 15 is 0 Å². The van der Waals surface area contributed by atoms with Crippen molar-refractivity contribution >= 4 is 27.4 Å². The van der Waals surface area contributed by atoms with Gasteiger partial charge < -0.3 is 9.98 Å². The van der Waals surface area contributed by atoms with Crippen molar-refractivity contribution in [1.29, 1.82) is 10.7 Å². The predicted octanol–water partition coefficient (Wildman–Crippen LogP) is 6.42. The molecule has 0 saturated heterocycles. The monoisotopic (exact) mass is 393 g/mol. The summed E-state index contributed by atoms with van der Waals surface area (Å²) in [4.78, 5) is 0. The number of fused-ring (bicyclic) bond motifs is 2. The minimum atomic E-state index is 0.282. The molecular formula is C27H27N3. The Morgan fingerprint density at radius 2 is 1.77 bits per heavy atom. The molecule has 4 aromatic rings. The molecule has 0 bridgehead atoms. The van der Waals surface area contributed by atoms with Crippen LogP contribution in [-0.4, -0.2) is 10.3 Å². The fourth-order valence-corrected chi connectivity index (χ4v) is 4.36. The smallest absolute Gasteiger partial charge is 0.0992 e. The maximum atomic E-state index is 9.16. The maximum absolute atomic E-state index is 9.16. The van der Waals surface area contributed by atoms with Gasteiger partial charge in [0.2, 0.25) is 0 Å². The highest BCUT2D eigenvalue weighted by atomic mass is 14.9. The van der Waals surface area contributed by atoms with E-state index in [-0.39, 0.29) is 5.92 Å². The fourth-order valence-electron chi connectivity index (χ4n) is 4.36. The van der Waals surface area contributed by atoms with Gasteiger partial charge in [-0.2, -0.15) is 5.26 Å². The molecule has 30 heavy (non-hydrogen) atoms. The first-order valence-electron chi connectivity index (χ1n) is 10.6. The second-order valence-electron chi connectivity index (χ2n) is 8.11. The van der Waals surface area contributed by atoms with E-state index < -0.39 is 0 Å². The highest BCUT2D eigenvalue weighted by Crippen LogP contribution is 2.24. The molecule has 4 rings (SSSR count). The van der Waals surface area contributed by atoms with Crippen LogP contribution in [0.2, 0.25) is 0 Å². The van der Waals surface area contributed by atoms with Crippen molar-refractivity contribution in [3.8, 4) is 6.07 Å². The van der Waals surface area contributed by atoms with Gasteiger partial charge in [0.25, 0.3) is 0 Å². The molecule has 0 aliphatic carbocycles. The Balaban J connectivity index is 1.46. The van der Waals surface area contributed by atoms with Crippen molar-refractivity contribution in [1.82, 2.24) is 4.57 Å². The number of rotatable bonds is 7. The average molecular weight is 394 g/mol. The summed E-state index contributed by atoms with van der Waals surface area (Å²) in [6.07, 6.45) is 3.60. The molecule has 3 aromatic carbocycles. The Kier molecular flexibility index (Phi) is 5.68. The summed E-state index contributed by atoms with van der Waals surface area (Å²) in [5, 5.41) is 21.5. The quantitative estimate of drug-likeness (QED) is 0.362. The van der Waals surface area contributed by atoms with Crippen LogP contribution in [0.15, 0.2) is 66.7 Å². The SMILES string of the molecule is CC[C@@H](CCc1cc2ccc(C#N)cc2n1C)C(=N)Cc1ccc2ccccc2c1. The molecule has 1 aromatic heterocycles. The van der Waals surface area contributed by atoms with E-state index in [9.17, 15) is 0 Å². The van der Waals surface area contributed by atoms with E-state index in [2.05, 4.69) is 73.1 Å². The Labute approximate surface area is 178 Å². The Morgan fingerprint density at radius 3 is 2.53 bits per heavy atom. The van der Waals surface area contributed by atoms with Crippen LogP contribution < -0.4 is 0 Å². The van der Waals surface area contributed by atoms with Crippen molar-refractivity contribution < 1.29 is 0 Å². The summed E-state index contributed by atoms with van der Waals surface area (Å²) in [6, 6.07) is 25.2. The van der Waals surface area contributed by atoms with Crippen LogP contribution in [0.5, 0.6) is 0 Å². The maximum Gasteiger partial charge on any atom is 0.0992 e. The number of nitrogens with one attached hydrogen (secondary N) is 1. The lowest BCUT2D eigenvalue weighted by Crippen LogP contribution is -2.17. The molecule has 0 amide bonds. The van der Waals surface area contributed by atoms with Crippen LogP contribution in [0.4, 0.5) is 0 Å². The number of nitriles is 1. The summed E-state index contributed by atoms with van der Waals surface area (Å²) >= 11 is 0. The highest BCUT2D eigenvalue weighted by Gasteiger charge is 2.15. The van der Waals surface area contributed by atoms with Crippen LogP contribution in [0.25, 0.3) is 21.7 Å². The van der Waals surface area contributed by atoms with Gasteiger partial charge in [0.1, 0.15) is 0 Å². The van der Waals surface area contributed by atoms with E-state index in [0.29, 0.717) is 12.0 Å². The molecule has 0 aliphatic heterocycles. The van der Waals surface area contributed by atoms with Gasteiger partial charge in [-0.3, -0.25) is 0 Å². The van der Waals surface area contributed by atoms with Crippen molar-refractivity contribution in [2.75, 3.05) is 0 Å². The molecule has 3 nitrogen and oxygen atoms in total. The summed E-state index contributed by atoms with van der Waals surface area (Å²) < 4.78 is 2.19. The summed E-state index contributed by atoms with van der Waals surface area (Å²) in [5.41, 5.74) is 5.09. The van der Waals surface area contributed by atoms with Crippen molar-refractivity contribution in [3.63, 3.8) is 0 Å². The van der Waals surface area contributed by atoms with Crippen LogP contribution in [0.3, 0.4) is 0 Å². The lowest BCUT2D eigenvalue weighted by molar-refractivity contribution is 0.584. The van der Waals surface area contributed by atoms with Gasteiger partial charge in [-0.05, 0) is 65.1 Å². The van der Waals surface area contributed by atoms with Gasteiger partial charge in [0, 0.05) is 30.4 Å². The molecule has 0 aliphatic rings. The van der Waals surface area contributed by atoms with Crippen molar-refractivity contribution in [2.24, 2.45) is 13.0 Å². The zero-order chi connectivity index (χ0) is 21.1. The van der Waals surface area contributed by atoms with Crippen LogP contribution in [0, 0.1) is 22.7 Å². The number of hydrogen-bond acceptors (Lipinski definition) is 2. The molecule has 150 valence electrons. The third-order valence-electron chi connectivity index (χ3n) is 6.22. The minimum Gasteiger partial charge on any atom is -0.348 e. The summed E-state index contributed by atoms with van der Waals surface area (Å²) in [7, 11) is 2.07. The van der Waals surface area contributed by atoms with E-state index in [4.69, 9.17) is 10.7 Å². The Bertz CT molecular complexity index is 1260. The molecule has 0 unspecified atom stereocenters. The van der Waals surface area contributed by atoms with Gasteiger partial charge >= 0.3 is 0 Å². The molecule has 0 saturated carbocycles. The van der Waals surface area contributed by atoms with Crippen LogP contribution in [-0.2, 0) is 19.9 Å². The normalized spacial score (nSPS) is 12.2. The summed E-state index contributed by atoms with van der Waals surface area (Å²) in [5.74, 6) is 0.282. The summed E-state index contributed by atoms with van der Waals surface area (Å²) in [6.45, 7) is 2.18. The Morgan fingerprint density at radius 1 is 1.00 bits per heavy atom. The van der Waals surface area contributed by atoms with Crippen molar-refractivity contribution in [3.05, 3.63) is 83.6 Å². The lowest BCUT2D eigenvalue weighted by atomic mass is 9.90. The van der Waals surface area contributed by atoms with Crippen molar-refractivity contribution in [2.45, 2.75) is 32.6 Å². The second kappa shape index (κ2) is 8.55. The molecule has 3 heteroatoms. The first kappa shape index (κ1) is 19.9. The van der Waals surface area contributed by atoms with Gasteiger partial charge in [-0.25, -0.2) is 0 Å². The molecular weight excluding hydrogens is 366 g/mol. The number of hydrogen-bond donors (Lipinski definition) is 1. The number of nitrogens with zero attached hydrogens (tertiary/aromatic N) is 2. The van der Waals surface area contributed by atoms with Gasteiger partial charge in [-0.15, -0.1) is 0 Å².